The highest BCUT2D eigenvalue weighted by Gasteiger charge is 2.60. The number of hydrogen-bond acceptors (Lipinski definition) is 11. The van der Waals surface area contributed by atoms with Gasteiger partial charge in [0.05, 0.1) is 22.9 Å². The van der Waals surface area contributed by atoms with Crippen molar-refractivity contribution in [1.82, 2.24) is 14.3 Å². The number of aromatic nitrogens is 2. The highest BCUT2D eigenvalue weighted by atomic mass is 32.2. The number of ether oxygens (including phenoxy) is 3. The molecule has 5 rings (SSSR count). The first-order chi connectivity index (χ1) is 18.9. The van der Waals surface area contributed by atoms with Crippen LogP contribution in [0.5, 0.6) is 0 Å². The molecular weight excluding hydrogens is 562 g/mol. The van der Waals surface area contributed by atoms with E-state index in [1.807, 2.05) is 6.92 Å². The van der Waals surface area contributed by atoms with Crippen LogP contribution in [0.25, 0.3) is 10.4 Å². The van der Waals surface area contributed by atoms with Crippen molar-refractivity contribution in [1.29, 1.82) is 0 Å². The number of fused-ring (bicyclic) bond motifs is 2. The first-order valence-electron chi connectivity index (χ1n) is 13.4. The molecule has 14 heteroatoms. The Kier molecular flexibility index (Phi) is 7.70. The number of sulfone groups is 1. The van der Waals surface area contributed by atoms with Crippen LogP contribution in [0.1, 0.15) is 64.2 Å². The third kappa shape index (κ3) is 5.00. The zero-order chi connectivity index (χ0) is 28.9. The van der Waals surface area contributed by atoms with Crippen LogP contribution in [0.4, 0.5) is 4.79 Å². The molecule has 1 saturated heterocycles. The van der Waals surface area contributed by atoms with Gasteiger partial charge in [0.2, 0.25) is 5.91 Å². The summed E-state index contributed by atoms with van der Waals surface area (Å²) in [7, 11) is -3.61. The standard InChI is InChI=1S/C26H33N3O9S2/c1-5-17(38-26(33)36-15-9-7-6-8-10-15)37-25(32)21-18(13(2)20-19(14(3)30)23(31)29(20)21)16-11-28-12-27-22(24(28)39-16)40(4,34)35/h11-15,17,19-20,30H,5-10H2,1-4H3/t13-,14+,17?,19+,20+/m0/s1. The predicted octanol–water partition coefficient (Wildman–Crippen LogP) is 3.13. The first-order valence-corrected chi connectivity index (χ1v) is 16.1. The van der Waals surface area contributed by atoms with E-state index in [1.54, 1.807) is 17.5 Å². The lowest BCUT2D eigenvalue weighted by Gasteiger charge is -2.46. The minimum atomic E-state index is -3.61. The van der Waals surface area contributed by atoms with Crippen molar-refractivity contribution in [3.8, 4) is 0 Å². The fourth-order valence-electron chi connectivity index (χ4n) is 5.86. The lowest BCUT2D eigenvalue weighted by Crippen LogP contribution is -2.63. The third-order valence-electron chi connectivity index (χ3n) is 7.78. The summed E-state index contributed by atoms with van der Waals surface area (Å²) < 4.78 is 42.3. The van der Waals surface area contributed by atoms with Gasteiger partial charge in [-0.25, -0.2) is 23.0 Å². The molecule has 2 aromatic heterocycles. The van der Waals surface area contributed by atoms with Crippen LogP contribution in [-0.2, 0) is 33.6 Å². The fourth-order valence-corrected chi connectivity index (χ4v) is 8.21. The van der Waals surface area contributed by atoms with Crippen molar-refractivity contribution in [2.45, 2.75) is 88.9 Å². The van der Waals surface area contributed by atoms with Gasteiger partial charge in [-0.15, -0.1) is 11.3 Å². The lowest BCUT2D eigenvalue weighted by atomic mass is 9.77. The molecule has 1 unspecified atom stereocenters. The maximum atomic E-state index is 13.6. The third-order valence-corrected chi connectivity index (χ3v) is 10.0. The molecule has 2 aliphatic heterocycles. The average molecular weight is 596 g/mol. The number of β-lactam (4-membered cyclic amide) rings is 1. The van der Waals surface area contributed by atoms with Crippen LogP contribution >= 0.6 is 11.3 Å². The summed E-state index contributed by atoms with van der Waals surface area (Å²) in [6.45, 7) is 5.05. The average Bonchev–Trinajstić information content (AvgIpc) is 3.53. The van der Waals surface area contributed by atoms with Gasteiger partial charge in [0, 0.05) is 30.4 Å². The van der Waals surface area contributed by atoms with Crippen molar-refractivity contribution < 1.29 is 42.1 Å². The number of imidazole rings is 1. The Morgan fingerprint density at radius 2 is 1.93 bits per heavy atom. The van der Waals surface area contributed by atoms with Crippen molar-refractivity contribution in [2.24, 2.45) is 11.8 Å². The molecule has 1 amide bonds. The normalized spacial score (nSPS) is 25.0. The van der Waals surface area contributed by atoms with Gasteiger partial charge in [-0.3, -0.25) is 9.20 Å². The summed E-state index contributed by atoms with van der Waals surface area (Å²) in [5.74, 6) is -2.37. The molecule has 0 aromatic carbocycles. The van der Waals surface area contributed by atoms with Gasteiger partial charge in [-0.1, -0.05) is 20.3 Å². The van der Waals surface area contributed by atoms with Crippen LogP contribution in [0.15, 0.2) is 23.2 Å². The van der Waals surface area contributed by atoms with E-state index in [2.05, 4.69) is 4.98 Å². The van der Waals surface area contributed by atoms with Crippen LogP contribution in [0.3, 0.4) is 0 Å². The largest absolute Gasteiger partial charge is 0.511 e. The van der Waals surface area contributed by atoms with E-state index < -0.39 is 52.2 Å². The Morgan fingerprint density at radius 3 is 2.55 bits per heavy atom. The van der Waals surface area contributed by atoms with Gasteiger partial charge in [-0.05, 0) is 32.6 Å². The van der Waals surface area contributed by atoms with Gasteiger partial charge in [0.25, 0.3) is 6.29 Å². The number of esters is 1. The topological polar surface area (TPSA) is 154 Å². The quantitative estimate of drug-likeness (QED) is 0.273. The van der Waals surface area contributed by atoms with E-state index in [0.29, 0.717) is 15.3 Å². The second-order valence-electron chi connectivity index (χ2n) is 10.6. The number of carbonyl (C=O) groups excluding carboxylic acids is 3. The Morgan fingerprint density at radius 1 is 1.23 bits per heavy atom. The number of carbonyl (C=O) groups is 3. The summed E-state index contributed by atoms with van der Waals surface area (Å²) in [4.78, 5) is 45.4. The maximum Gasteiger partial charge on any atom is 0.511 e. The Labute approximate surface area is 235 Å². The van der Waals surface area contributed by atoms with E-state index in [-0.39, 0.29) is 29.2 Å². The maximum absolute atomic E-state index is 13.6. The Balaban J connectivity index is 1.45. The molecule has 3 aliphatic rings. The van der Waals surface area contributed by atoms with E-state index >= 15 is 0 Å². The summed E-state index contributed by atoms with van der Waals surface area (Å²) in [5, 5.41) is 10.2. The van der Waals surface area contributed by atoms with Crippen LogP contribution in [0.2, 0.25) is 0 Å². The predicted molar refractivity (Wildman–Crippen MR) is 143 cm³/mol. The molecule has 1 aliphatic carbocycles. The molecule has 2 aromatic rings. The SMILES string of the molecule is CCC(OC(=O)OC1CCCCC1)OC(=O)C1=C(c2cn3cnc(S(C)(=O)=O)c3s2)[C@H](C)[C@@H]2[C@@H]([C@@H](C)O)C(=O)N12. The van der Waals surface area contributed by atoms with Crippen LogP contribution < -0.4 is 0 Å². The highest BCUT2D eigenvalue weighted by molar-refractivity contribution is 7.91. The van der Waals surface area contributed by atoms with Crippen molar-refractivity contribution in [3.63, 3.8) is 0 Å². The number of rotatable bonds is 8. The Hall–Kier alpha value is -2.97. The van der Waals surface area contributed by atoms with Gasteiger partial charge < -0.3 is 24.2 Å². The first kappa shape index (κ1) is 28.6. The highest BCUT2D eigenvalue weighted by Crippen LogP contribution is 2.52. The Bertz CT molecular complexity index is 1470. The molecular formula is C26H33N3O9S2. The fraction of sp³-hybridized carbons (Fsp3) is 0.615. The van der Waals surface area contributed by atoms with Crippen molar-refractivity contribution in [2.75, 3.05) is 6.26 Å². The van der Waals surface area contributed by atoms with Crippen molar-refractivity contribution >= 4 is 49.6 Å². The summed E-state index contributed by atoms with van der Waals surface area (Å²) in [5.41, 5.74) is 0.472. The summed E-state index contributed by atoms with van der Waals surface area (Å²) in [6, 6.07) is -0.490. The molecule has 40 heavy (non-hydrogen) atoms. The monoisotopic (exact) mass is 595 g/mol. The molecule has 5 atom stereocenters. The summed E-state index contributed by atoms with van der Waals surface area (Å²) >= 11 is 1.13. The molecule has 12 nitrogen and oxygen atoms in total. The van der Waals surface area contributed by atoms with Crippen LogP contribution in [0, 0.1) is 11.8 Å². The molecule has 0 bridgehead atoms. The molecule has 0 radical (unpaired) electrons. The number of amides is 1. The molecule has 0 spiro atoms. The molecule has 1 saturated carbocycles. The molecule has 218 valence electrons. The van der Waals surface area contributed by atoms with Gasteiger partial charge in [0.15, 0.2) is 14.9 Å². The number of hydrogen-bond donors (Lipinski definition) is 1. The van der Waals surface area contributed by atoms with Gasteiger partial charge in [-0.2, -0.15) is 0 Å². The minimum absolute atomic E-state index is 0.0135. The summed E-state index contributed by atoms with van der Waals surface area (Å²) in [6.07, 6.45) is 5.49. The van der Waals surface area contributed by atoms with E-state index in [0.717, 1.165) is 49.7 Å². The second kappa shape index (κ2) is 10.8. The van der Waals surface area contributed by atoms with E-state index in [9.17, 15) is 27.9 Å². The zero-order valence-electron chi connectivity index (χ0n) is 22.7. The van der Waals surface area contributed by atoms with E-state index in [1.165, 1.54) is 18.2 Å². The van der Waals surface area contributed by atoms with E-state index in [4.69, 9.17) is 14.2 Å². The van der Waals surface area contributed by atoms with Crippen LogP contribution in [-0.4, -0.2) is 76.6 Å². The number of nitrogens with zero attached hydrogens (tertiary/aromatic N) is 3. The molecule has 4 heterocycles. The molecule has 2 fully saturated rings. The molecule has 1 N–H and O–H groups in total. The van der Waals surface area contributed by atoms with Gasteiger partial charge >= 0.3 is 12.1 Å². The smallest absolute Gasteiger partial charge is 0.431 e. The number of thiazole rings is 1. The minimum Gasteiger partial charge on any atom is -0.431 e. The van der Waals surface area contributed by atoms with Gasteiger partial charge in [0.1, 0.15) is 23.0 Å². The lowest BCUT2D eigenvalue weighted by molar-refractivity contribution is -0.176. The van der Waals surface area contributed by atoms with Crippen molar-refractivity contribution in [3.05, 3.63) is 23.1 Å². The zero-order valence-corrected chi connectivity index (χ0v) is 24.4. The second-order valence-corrected chi connectivity index (χ2v) is 13.6. The number of aliphatic hydroxyl groups excluding tert-OH is 1. The number of aliphatic hydroxyl groups is 1.